The predicted octanol–water partition coefficient (Wildman–Crippen LogP) is -0.743. The van der Waals surface area contributed by atoms with Crippen molar-refractivity contribution in [3.05, 3.63) is 0 Å². The molecule has 1 aliphatic heterocycles. The molecule has 16 heavy (non-hydrogen) atoms. The molecule has 1 rings (SSSR count). The van der Waals surface area contributed by atoms with Crippen molar-refractivity contribution in [3.63, 3.8) is 0 Å². The average molecular weight is 228 g/mol. The molecule has 0 aromatic rings. The van der Waals surface area contributed by atoms with Gasteiger partial charge in [0.2, 0.25) is 5.91 Å². The molecule has 2 atom stereocenters. The number of ether oxygens (including phenoxy) is 1. The van der Waals surface area contributed by atoms with Crippen LogP contribution in [0.4, 0.5) is 0 Å². The quantitative estimate of drug-likeness (QED) is 0.635. The van der Waals surface area contributed by atoms with Gasteiger partial charge in [-0.05, 0) is 18.3 Å². The van der Waals surface area contributed by atoms with E-state index in [1.165, 1.54) is 0 Å². The van der Waals surface area contributed by atoms with E-state index < -0.39 is 12.6 Å². The Morgan fingerprint density at radius 1 is 1.25 bits per heavy atom. The molecule has 0 bridgehead atoms. The van der Waals surface area contributed by atoms with Gasteiger partial charge < -0.3 is 19.5 Å². The van der Waals surface area contributed by atoms with Crippen LogP contribution in [0.3, 0.4) is 0 Å². The normalized spacial score (nSPS) is 25.5. The number of carbonyl (C=O) groups is 2. The van der Waals surface area contributed by atoms with Crippen molar-refractivity contribution in [2.75, 3.05) is 26.3 Å². The van der Waals surface area contributed by atoms with Crippen LogP contribution in [0.1, 0.15) is 20.3 Å². The first-order valence-corrected chi connectivity index (χ1v) is 5.54. The third-order valence-corrected chi connectivity index (χ3v) is 2.67. The maximum Gasteiger partial charge on any atom is 0.248 e. The average Bonchev–Trinajstić information content (AvgIpc) is 2.15. The van der Waals surface area contributed by atoms with Crippen LogP contribution >= 0.6 is 0 Å². The lowest BCUT2D eigenvalue weighted by molar-refractivity contribution is -0.309. The lowest BCUT2D eigenvalue weighted by atomic mass is 9.92. The number of nitrogens with zero attached hydrogens (tertiary/aromatic N) is 1. The summed E-state index contributed by atoms with van der Waals surface area (Å²) >= 11 is 0. The molecule has 1 heterocycles. The van der Waals surface area contributed by atoms with E-state index in [0.29, 0.717) is 11.8 Å². The summed E-state index contributed by atoms with van der Waals surface area (Å²) in [6, 6.07) is 0. The molecular formula is C11H18NO4-. The van der Waals surface area contributed by atoms with E-state index in [9.17, 15) is 14.7 Å². The fourth-order valence-corrected chi connectivity index (χ4v) is 2.18. The molecule has 0 aromatic heterocycles. The van der Waals surface area contributed by atoms with Crippen molar-refractivity contribution < 1.29 is 19.4 Å². The number of amides is 1. The van der Waals surface area contributed by atoms with Gasteiger partial charge in [-0.3, -0.25) is 4.79 Å². The standard InChI is InChI=1S/C11H19NO4/c1-8-3-9(2)5-12(4-8)10(13)6-16-7-11(14)15/h8-9H,3-7H2,1-2H3,(H,14,15)/p-1/t8-,9-/m0/s1. The SMILES string of the molecule is C[C@H]1C[C@H](C)CN(C(=O)COCC(=O)[O-])C1. The molecule has 0 aromatic carbocycles. The predicted molar refractivity (Wildman–Crippen MR) is 55.4 cm³/mol. The topological polar surface area (TPSA) is 69.7 Å². The number of rotatable bonds is 4. The number of likely N-dealkylation sites (tertiary alicyclic amines) is 1. The third-order valence-electron chi connectivity index (χ3n) is 2.67. The lowest BCUT2D eigenvalue weighted by Gasteiger charge is -2.34. The van der Waals surface area contributed by atoms with E-state index in [1.807, 2.05) is 0 Å². The molecule has 1 aliphatic rings. The van der Waals surface area contributed by atoms with Crippen molar-refractivity contribution in [3.8, 4) is 0 Å². The van der Waals surface area contributed by atoms with E-state index >= 15 is 0 Å². The van der Waals surface area contributed by atoms with Gasteiger partial charge in [0, 0.05) is 13.1 Å². The van der Waals surface area contributed by atoms with Crippen LogP contribution in [0.25, 0.3) is 0 Å². The molecule has 0 radical (unpaired) electrons. The highest BCUT2D eigenvalue weighted by molar-refractivity contribution is 5.78. The van der Waals surface area contributed by atoms with Crippen molar-refractivity contribution in [1.82, 2.24) is 4.90 Å². The summed E-state index contributed by atoms with van der Waals surface area (Å²) in [6.07, 6.45) is 1.13. The van der Waals surface area contributed by atoms with Gasteiger partial charge in [-0.25, -0.2) is 0 Å². The second kappa shape index (κ2) is 5.84. The molecule has 5 heteroatoms. The Morgan fingerprint density at radius 2 is 1.81 bits per heavy atom. The highest BCUT2D eigenvalue weighted by Crippen LogP contribution is 2.20. The first-order chi connectivity index (χ1) is 7.49. The monoisotopic (exact) mass is 228 g/mol. The first-order valence-electron chi connectivity index (χ1n) is 5.54. The first kappa shape index (κ1) is 13.0. The number of hydrogen-bond acceptors (Lipinski definition) is 4. The van der Waals surface area contributed by atoms with Gasteiger partial charge in [0.05, 0.1) is 12.6 Å². The summed E-state index contributed by atoms with van der Waals surface area (Å²) in [4.78, 5) is 23.5. The lowest BCUT2D eigenvalue weighted by Crippen LogP contribution is -2.44. The van der Waals surface area contributed by atoms with Crippen molar-refractivity contribution in [1.29, 1.82) is 0 Å². The van der Waals surface area contributed by atoms with Crippen LogP contribution in [0.15, 0.2) is 0 Å². The van der Waals surface area contributed by atoms with Crippen molar-refractivity contribution >= 4 is 11.9 Å². The number of aliphatic carboxylic acids is 1. The molecular weight excluding hydrogens is 210 g/mol. The molecule has 0 spiro atoms. The van der Waals surface area contributed by atoms with E-state index in [-0.39, 0.29) is 12.5 Å². The minimum Gasteiger partial charge on any atom is -0.548 e. The summed E-state index contributed by atoms with van der Waals surface area (Å²) < 4.78 is 4.73. The van der Waals surface area contributed by atoms with Crippen LogP contribution in [0.5, 0.6) is 0 Å². The van der Waals surface area contributed by atoms with E-state index in [1.54, 1.807) is 4.90 Å². The van der Waals surface area contributed by atoms with Crippen LogP contribution in [-0.4, -0.2) is 43.1 Å². The summed E-state index contributed by atoms with van der Waals surface area (Å²) in [5.74, 6) is -0.449. The Labute approximate surface area is 95.4 Å². The molecule has 0 unspecified atom stereocenters. The zero-order valence-corrected chi connectivity index (χ0v) is 9.77. The van der Waals surface area contributed by atoms with Crippen molar-refractivity contribution in [2.45, 2.75) is 20.3 Å². The van der Waals surface area contributed by atoms with Crippen LogP contribution in [0, 0.1) is 11.8 Å². The zero-order valence-electron chi connectivity index (χ0n) is 9.77. The van der Waals surface area contributed by atoms with Crippen LogP contribution in [0.2, 0.25) is 0 Å². The molecule has 1 fully saturated rings. The summed E-state index contributed by atoms with van der Waals surface area (Å²) in [6.45, 7) is 4.99. The van der Waals surface area contributed by atoms with Gasteiger partial charge in [0.25, 0.3) is 0 Å². The van der Waals surface area contributed by atoms with Gasteiger partial charge in [-0.1, -0.05) is 13.8 Å². The minimum absolute atomic E-state index is 0.139. The molecule has 92 valence electrons. The Kier molecular flexibility index (Phi) is 4.73. The summed E-state index contributed by atoms with van der Waals surface area (Å²) in [5.41, 5.74) is 0. The van der Waals surface area contributed by atoms with Gasteiger partial charge in [0.1, 0.15) is 6.61 Å². The molecule has 1 amide bonds. The molecule has 1 saturated heterocycles. The second-order valence-corrected chi connectivity index (χ2v) is 4.61. The molecule has 0 saturated carbocycles. The Bertz CT molecular complexity index is 257. The Balaban J connectivity index is 2.32. The number of carboxylic acids is 1. The number of hydrogen-bond donors (Lipinski definition) is 0. The smallest absolute Gasteiger partial charge is 0.248 e. The molecule has 0 N–H and O–H groups in total. The Morgan fingerprint density at radius 3 is 2.31 bits per heavy atom. The fourth-order valence-electron chi connectivity index (χ4n) is 2.18. The van der Waals surface area contributed by atoms with E-state index in [0.717, 1.165) is 19.5 Å². The van der Waals surface area contributed by atoms with Gasteiger partial charge in [-0.2, -0.15) is 0 Å². The number of carboxylic acid groups (broad SMARTS) is 1. The van der Waals surface area contributed by atoms with Gasteiger partial charge in [0.15, 0.2) is 0 Å². The van der Waals surface area contributed by atoms with Gasteiger partial charge >= 0.3 is 0 Å². The van der Waals surface area contributed by atoms with Crippen molar-refractivity contribution in [2.24, 2.45) is 11.8 Å². The molecule has 5 nitrogen and oxygen atoms in total. The number of piperidine rings is 1. The minimum atomic E-state index is -1.30. The molecule has 0 aliphatic carbocycles. The highest BCUT2D eigenvalue weighted by Gasteiger charge is 2.25. The summed E-state index contributed by atoms with van der Waals surface area (Å²) in [7, 11) is 0. The van der Waals surface area contributed by atoms with Crippen LogP contribution < -0.4 is 5.11 Å². The van der Waals surface area contributed by atoms with E-state index in [2.05, 4.69) is 13.8 Å². The maximum atomic E-state index is 11.7. The maximum absolute atomic E-state index is 11.7. The van der Waals surface area contributed by atoms with Crippen LogP contribution in [-0.2, 0) is 14.3 Å². The summed E-state index contributed by atoms with van der Waals surface area (Å²) in [5, 5.41) is 10.1. The zero-order chi connectivity index (χ0) is 12.1. The second-order valence-electron chi connectivity index (χ2n) is 4.61. The van der Waals surface area contributed by atoms with E-state index in [4.69, 9.17) is 4.74 Å². The van der Waals surface area contributed by atoms with Gasteiger partial charge in [-0.15, -0.1) is 0 Å². The number of carbonyl (C=O) groups excluding carboxylic acids is 2. The largest absolute Gasteiger partial charge is 0.548 e. The fraction of sp³-hybridized carbons (Fsp3) is 0.818. The Hall–Kier alpha value is -1.10. The highest BCUT2D eigenvalue weighted by atomic mass is 16.5. The third kappa shape index (κ3) is 4.18.